The van der Waals surface area contributed by atoms with E-state index in [0.29, 0.717) is 11.6 Å². The quantitative estimate of drug-likeness (QED) is 0.786. The van der Waals surface area contributed by atoms with E-state index in [1.54, 1.807) is 6.20 Å². The van der Waals surface area contributed by atoms with Crippen molar-refractivity contribution in [2.75, 3.05) is 0 Å². The lowest BCUT2D eigenvalue weighted by Crippen LogP contribution is -2.00. The number of aromatic nitrogens is 2. The Morgan fingerprint density at radius 1 is 1.69 bits per heavy atom. The average molecular weight is 205 g/mol. The van der Waals surface area contributed by atoms with E-state index in [-0.39, 0.29) is 18.8 Å². The van der Waals surface area contributed by atoms with Crippen molar-refractivity contribution in [2.24, 2.45) is 0 Å². The van der Waals surface area contributed by atoms with Crippen LogP contribution in [0.3, 0.4) is 0 Å². The molecule has 74 valence electrons. The molecule has 4 nitrogen and oxygen atoms in total. The Bertz CT molecular complexity index is 283. The number of imidazole rings is 1. The summed E-state index contributed by atoms with van der Waals surface area (Å²) in [6, 6.07) is 0. The van der Waals surface area contributed by atoms with Crippen LogP contribution in [0.2, 0.25) is 0 Å². The number of halogens is 1. The van der Waals surface area contributed by atoms with Gasteiger partial charge in [-0.15, -0.1) is 12.4 Å². The van der Waals surface area contributed by atoms with Crippen LogP contribution in [0.25, 0.3) is 0 Å². The number of hydrogen-bond acceptors (Lipinski definition) is 2. The molecular weight excluding hydrogens is 192 g/mol. The number of aromatic amines is 1. The molecule has 0 aromatic carbocycles. The molecule has 0 radical (unpaired) electrons. The van der Waals surface area contributed by atoms with Gasteiger partial charge in [-0.2, -0.15) is 0 Å². The highest BCUT2D eigenvalue weighted by atomic mass is 35.5. The van der Waals surface area contributed by atoms with Crippen LogP contribution in [0.5, 0.6) is 0 Å². The molecule has 0 aliphatic rings. The molecule has 0 atom stereocenters. The monoisotopic (exact) mass is 204 g/mol. The van der Waals surface area contributed by atoms with Gasteiger partial charge >= 0.3 is 5.97 Å². The number of hydrogen-bond donors (Lipinski definition) is 2. The summed E-state index contributed by atoms with van der Waals surface area (Å²) in [5.74, 6) is 0.313. The number of rotatable bonds is 3. The number of H-pyrrole nitrogens is 1. The second kappa shape index (κ2) is 4.87. The maximum absolute atomic E-state index is 10.3. The van der Waals surface area contributed by atoms with Gasteiger partial charge in [-0.3, -0.25) is 4.79 Å². The Balaban J connectivity index is 0.00000144. The molecule has 0 amide bonds. The molecular formula is C8H13ClN2O2. The van der Waals surface area contributed by atoms with Crippen LogP contribution in [0.4, 0.5) is 0 Å². The number of carboxylic acid groups (broad SMARTS) is 1. The summed E-state index contributed by atoms with van der Waals surface area (Å²) in [6.07, 6.45) is 1.59. The van der Waals surface area contributed by atoms with Gasteiger partial charge in [0.25, 0.3) is 0 Å². The summed E-state index contributed by atoms with van der Waals surface area (Å²) in [5.41, 5.74) is 0.659. The van der Waals surface area contributed by atoms with E-state index in [2.05, 4.69) is 9.97 Å². The molecule has 0 spiro atoms. The first-order valence-electron chi connectivity index (χ1n) is 3.85. The van der Waals surface area contributed by atoms with Crippen molar-refractivity contribution in [3.8, 4) is 0 Å². The fraction of sp³-hybridized carbons (Fsp3) is 0.500. The van der Waals surface area contributed by atoms with Gasteiger partial charge in [-0.25, -0.2) is 4.98 Å². The molecule has 1 aromatic rings. The van der Waals surface area contributed by atoms with Crippen LogP contribution < -0.4 is 0 Å². The number of aliphatic carboxylic acids is 1. The van der Waals surface area contributed by atoms with Crippen LogP contribution in [0.1, 0.15) is 31.3 Å². The number of nitrogens with zero attached hydrogens (tertiary/aromatic N) is 1. The summed E-state index contributed by atoms with van der Waals surface area (Å²) < 4.78 is 0. The normalized spacial score (nSPS) is 9.77. The zero-order valence-electron chi connectivity index (χ0n) is 7.57. The molecule has 2 N–H and O–H groups in total. The molecule has 0 saturated carbocycles. The molecule has 0 unspecified atom stereocenters. The lowest BCUT2D eigenvalue weighted by Gasteiger charge is -1.97. The Labute approximate surface area is 82.8 Å². The van der Waals surface area contributed by atoms with E-state index < -0.39 is 5.97 Å². The third kappa shape index (κ3) is 3.46. The average Bonchev–Trinajstić information content (AvgIpc) is 2.34. The third-order valence-corrected chi connectivity index (χ3v) is 1.54. The Morgan fingerprint density at radius 2 is 2.31 bits per heavy atom. The van der Waals surface area contributed by atoms with Crippen molar-refractivity contribution >= 4 is 18.4 Å². The second-order valence-corrected chi connectivity index (χ2v) is 3.02. The molecule has 1 rings (SSSR count). The molecule has 0 bridgehead atoms. The van der Waals surface area contributed by atoms with Crippen molar-refractivity contribution in [2.45, 2.75) is 26.2 Å². The zero-order chi connectivity index (χ0) is 9.14. The molecule has 1 heterocycles. The summed E-state index contributed by atoms with van der Waals surface area (Å²) >= 11 is 0. The predicted octanol–water partition coefficient (Wildman–Crippen LogP) is 1.58. The van der Waals surface area contributed by atoms with Gasteiger partial charge in [0.1, 0.15) is 5.82 Å². The van der Waals surface area contributed by atoms with Gasteiger partial charge in [0.05, 0.1) is 6.42 Å². The predicted molar refractivity (Wildman–Crippen MR) is 51.3 cm³/mol. The largest absolute Gasteiger partial charge is 0.481 e. The van der Waals surface area contributed by atoms with E-state index in [4.69, 9.17) is 5.11 Å². The van der Waals surface area contributed by atoms with Crippen molar-refractivity contribution in [1.82, 2.24) is 9.97 Å². The second-order valence-electron chi connectivity index (χ2n) is 3.02. The first-order chi connectivity index (χ1) is 5.59. The summed E-state index contributed by atoms with van der Waals surface area (Å²) in [5, 5.41) is 8.47. The fourth-order valence-electron chi connectivity index (χ4n) is 0.923. The van der Waals surface area contributed by atoms with Gasteiger partial charge in [0.2, 0.25) is 0 Å². The van der Waals surface area contributed by atoms with Crippen molar-refractivity contribution in [3.05, 3.63) is 17.7 Å². The molecule has 0 aliphatic carbocycles. The van der Waals surface area contributed by atoms with Gasteiger partial charge in [-0.1, -0.05) is 13.8 Å². The SMILES string of the molecule is CC(C)c1ncc(CC(=O)O)[nH]1.Cl. The Kier molecular flexibility index (Phi) is 4.48. The van der Waals surface area contributed by atoms with Gasteiger partial charge in [0, 0.05) is 17.8 Å². The highest BCUT2D eigenvalue weighted by molar-refractivity contribution is 5.85. The molecule has 5 heteroatoms. The molecule has 13 heavy (non-hydrogen) atoms. The van der Waals surface area contributed by atoms with E-state index in [9.17, 15) is 4.79 Å². The number of carbonyl (C=O) groups is 1. The van der Waals surface area contributed by atoms with Crippen LogP contribution >= 0.6 is 12.4 Å². The summed E-state index contributed by atoms with van der Waals surface area (Å²) in [6.45, 7) is 4.01. The molecule has 0 saturated heterocycles. The molecule has 1 aromatic heterocycles. The van der Waals surface area contributed by atoms with Crippen LogP contribution in [-0.4, -0.2) is 21.0 Å². The van der Waals surface area contributed by atoms with Crippen LogP contribution in [0, 0.1) is 0 Å². The van der Waals surface area contributed by atoms with Gasteiger partial charge < -0.3 is 10.1 Å². The molecule has 0 aliphatic heterocycles. The van der Waals surface area contributed by atoms with Crippen molar-refractivity contribution < 1.29 is 9.90 Å². The summed E-state index contributed by atoms with van der Waals surface area (Å²) in [4.78, 5) is 17.3. The molecule has 0 fully saturated rings. The number of carboxylic acids is 1. The summed E-state index contributed by atoms with van der Waals surface area (Å²) in [7, 11) is 0. The third-order valence-electron chi connectivity index (χ3n) is 1.54. The van der Waals surface area contributed by atoms with E-state index in [1.165, 1.54) is 0 Å². The highest BCUT2D eigenvalue weighted by Gasteiger charge is 2.06. The van der Waals surface area contributed by atoms with E-state index in [1.807, 2.05) is 13.8 Å². The zero-order valence-corrected chi connectivity index (χ0v) is 8.39. The van der Waals surface area contributed by atoms with Gasteiger partial charge in [-0.05, 0) is 0 Å². The van der Waals surface area contributed by atoms with E-state index >= 15 is 0 Å². The minimum Gasteiger partial charge on any atom is -0.481 e. The topological polar surface area (TPSA) is 66.0 Å². The lowest BCUT2D eigenvalue weighted by atomic mass is 10.2. The Hall–Kier alpha value is -1.03. The maximum Gasteiger partial charge on any atom is 0.309 e. The first-order valence-corrected chi connectivity index (χ1v) is 3.85. The van der Waals surface area contributed by atoms with Crippen LogP contribution in [-0.2, 0) is 11.2 Å². The van der Waals surface area contributed by atoms with Crippen molar-refractivity contribution in [3.63, 3.8) is 0 Å². The lowest BCUT2D eigenvalue weighted by molar-refractivity contribution is -0.136. The van der Waals surface area contributed by atoms with Gasteiger partial charge in [0.15, 0.2) is 0 Å². The maximum atomic E-state index is 10.3. The van der Waals surface area contributed by atoms with E-state index in [0.717, 1.165) is 5.82 Å². The highest BCUT2D eigenvalue weighted by Crippen LogP contribution is 2.09. The fourth-order valence-corrected chi connectivity index (χ4v) is 0.923. The number of nitrogens with one attached hydrogen (secondary N) is 1. The smallest absolute Gasteiger partial charge is 0.309 e. The standard InChI is InChI=1S/C8H12N2O2.ClH/c1-5(2)8-9-4-6(10-8)3-7(11)12;/h4-5H,3H2,1-2H3,(H,9,10)(H,11,12);1H. The Morgan fingerprint density at radius 3 is 2.69 bits per heavy atom. The minimum absolute atomic E-state index is 0. The van der Waals surface area contributed by atoms with Crippen molar-refractivity contribution in [1.29, 1.82) is 0 Å². The van der Waals surface area contributed by atoms with Crippen LogP contribution in [0.15, 0.2) is 6.20 Å². The first kappa shape index (κ1) is 12.0. The minimum atomic E-state index is -0.839.